The van der Waals surface area contributed by atoms with E-state index >= 15 is 0 Å². The van der Waals surface area contributed by atoms with Crippen molar-refractivity contribution in [3.63, 3.8) is 0 Å². The Hall–Kier alpha value is -0.870. The van der Waals surface area contributed by atoms with Crippen molar-refractivity contribution in [2.45, 2.75) is 32.7 Å². The Balaban J connectivity index is 2.56. The number of carbonyl (C=O) groups is 1. The summed E-state index contributed by atoms with van der Waals surface area (Å²) in [5.74, 6) is 0.129. The van der Waals surface area contributed by atoms with Crippen molar-refractivity contribution in [3.05, 3.63) is 22.4 Å². The van der Waals surface area contributed by atoms with Crippen LogP contribution in [0.25, 0.3) is 0 Å². The SMILES string of the molecule is CCC(CN)C(=O)N(C)C(C)Cc1cccs1. The van der Waals surface area contributed by atoms with Gasteiger partial charge in [0, 0.05) is 30.9 Å². The average Bonchev–Trinajstić information content (AvgIpc) is 2.82. The zero-order chi connectivity index (χ0) is 12.8. The van der Waals surface area contributed by atoms with Gasteiger partial charge in [-0.25, -0.2) is 0 Å². The molecule has 0 fully saturated rings. The Morgan fingerprint density at radius 1 is 1.59 bits per heavy atom. The van der Waals surface area contributed by atoms with E-state index in [1.54, 1.807) is 11.3 Å². The van der Waals surface area contributed by atoms with Crippen molar-refractivity contribution in [1.29, 1.82) is 0 Å². The summed E-state index contributed by atoms with van der Waals surface area (Å²) in [5, 5.41) is 2.07. The molecular formula is C13H22N2OS. The number of nitrogens with two attached hydrogens (primary N) is 1. The van der Waals surface area contributed by atoms with Crippen LogP contribution in [0.3, 0.4) is 0 Å². The largest absolute Gasteiger partial charge is 0.342 e. The van der Waals surface area contributed by atoms with Gasteiger partial charge in [-0.15, -0.1) is 11.3 Å². The zero-order valence-electron chi connectivity index (χ0n) is 10.8. The maximum Gasteiger partial charge on any atom is 0.226 e. The summed E-state index contributed by atoms with van der Waals surface area (Å²) in [5.41, 5.74) is 5.61. The molecule has 0 saturated carbocycles. The predicted octanol–water partition coefficient (Wildman–Crippen LogP) is 2.12. The van der Waals surface area contributed by atoms with Crippen LogP contribution in [0.1, 0.15) is 25.1 Å². The van der Waals surface area contributed by atoms with Gasteiger partial charge in [-0.05, 0) is 24.8 Å². The van der Waals surface area contributed by atoms with E-state index in [4.69, 9.17) is 5.73 Å². The Morgan fingerprint density at radius 3 is 2.76 bits per heavy atom. The second kappa shape index (κ2) is 6.77. The number of thiophene rings is 1. The highest BCUT2D eigenvalue weighted by Crippen LogP contribution is 2.15. The number of amides is 1. The van der Waals surface area contributed by atoms with Crippen LogP contribution in [0.4, 0.5) is 0 Å². The highest BCUT2D eigenvalue weighted by atomic mass is 32.1. The van der Waals surface area contributed by atoms with Crippen LogP contribution in [0, 0.1) is 5.92 Å². The monoisotopic (exact) mass is 254 g/mol. The van der Waals surface area contributed by atoms with E-state index < -0.39 is 0 Å². The number of hydrogen-bond donors (Lipinski definition) is 1. The number of carbonyl (C=O) groups excluding carboxylic acids is 1. The van der Waals surface area contributed by atoms with Crippen LogP contribution < -0.4 is 5.73 Å². The Bertz CT molecular complexity index is 333. The van der Waals surface area contributed by atoms with Gasteiger partial charge in [0.2, 0.25) is 5.91 Å². The van der Waals surface area contributed by atoms with Crippen LogP contribution in [-0.4, -0.2) is 30.4 Å². The lowest BCUT2D eigenvalue weighted by atomic mass is 10.0. The Kier molecular flexibility index (Phi) is 5.65. The maximum atomic E-state index is 12.1. The second-order valence-corrected chi connectivity index (χ2v) is 5.45. The fraction of sp³-hybridized carbons (Fsp3) is 0.615. The summed E-state index contributed by atoms with van der Waals surface area (Å²) >= 11 is 1.74. The fourth-order valence-corrected chi connectivity index (χ4v) is 2.63. The molecule has 0 aromatic carbocycles. The fourth-order valence-electron chi connectivity index (χ4n) is 1.80. The first-order chi connectivity index (χ1) is 8.10. The van der Waals surface area contributed by atoms with Crippen LogP contribution in [-0.2, 0) is 11.2 Å². The van der Waals surface area contributed by atoms with Crippen molar-refractivity contribution in [1.82, 2.24) is 4.90 Å². The molecule has 4 heteroatoms. The van der Waals surface area contributed by atoms with Gasteiger partial charge in [-0.2, -0.15) is 0 Å². The molecule has 1 aromatic rings. The third-order valence-corrected chi connectivity index (χ3v) is 4.11. The first-order valence-corrected chi connectivity index (χ1v) is 6.97. The molecular weight excluding hydrogens is 232 g/mol. The van der Waals surface area contributed by atoms with E-state index in [1.807, 2.05) is 24.9 Å². The molecule has 0 aliphatic heterocycles. The summed E-state index contributed by atoms with van der Waals surface area (Å²) < 4.78 is 0. The summed E-state index contributed by atoms with van der Waals surface area (Å²) in [6, 6.07) is 4.38. The van der Waals surface area contributed by atoms with Gasteiger partial charge < -0.3 is 10.6 Å². The normalized spacial score (nSPS) is 14.4. The molecule has 1 rings (SSSR count). The van der Waals surface area contributed by atoms with Gasteiger partial charge in [-0.1, -0.05) is 13.0 Å². The van der Waals surface area contributed by atoms with Crippen LogP contribution in [0.2, 0.25) is 0 Å². The topological polar surface area (TPSA) is 46.3 Å². The summed E-state index contributed by atoms with van der Waals surface area (Å²) in [7, 11) is 1.87. The molecule has 0 saturated heterocycles. The Morgan fingerprint density at radius 2 is 2.29 bits per heavy atom. The van der Waals surface area contributed by atoms with E-state index in [-0.39, 0.29) is 17.9 Å². The average molecular weight is 254 g/mol. The molecule has 0 spiro atoms. The number of likely N-dealkylation sites (N-methyl/N-ethyl adjacent to an activating group) is 1. The van der Waals surface area contributed by atoms with E-state index in [1.165, 1.54) is 4.88 Å². The van der Waals surface area contributed by atoms with Crippen molar-refractivity contribution in [2.75, 3.05) is 13.6 Å². The van der Waals surface area contributed by atoms with Gasteiger partial charge >= 0.3 is 0 Å². The molecule has 17 heavy (non-hydrogen) atoms. The molecule has 96 valence electrons. The molecule has 0 aliphatic carbocycles. The molecule has 1 aromatic heterocycles. The van der Waals surface area contributed by atoms with Crippen LogP contribution in [0.15, 0.2) is 17.5 Å². The van der Waals surface area contributed by atoms with Gasteiger partial charge in [0.25, 0.3) is 0 Å². The summed E-state index contributed by atoms with van der Waals surface area (Å²) in [6.45, 7) is 4.53. The second-order valence-electron chi connectivity index (χ2n) is 4.42. The summed E-state index contributed by atoms with van der Waals surface area (Å²) in [4.78, 5) is 15.3. The smallest absolute Gasteiger partial charge is 0.226 e. The van der Waals surface area contributed by atoms with Crippen LogP contribution >= 0.6 is 11.3 Å². The van der Waals surface area contributed by atoms with Gasteiger partial charge in [0.15, 0.2) is 0 Å². The third kappa shape index (κ3) is 3.82. The number of nitrogens with zero attached hydrogens (tertiary/aromatic N) is 1. The molecule has 0 radical (unpaired) electrons. The van der Waals surface area contributed by atoms with E-state index in [2.05, 4.69) is 18.4 Å². The minimum atomic E-state index is -0.0363. The van der Waals surface area contributed by atoms with Gasteiger partial charge in [0.05, 0.1) is 5.92 Å². The van der Waals surface area contributed by atoms with Crippen molar-refractivity contribution in [2.24, 2.45) is 11.7 Å². The molecule has 0 aliphatic rings. The predicted molar refractivity (Wildman–Crippen MR) is 73.1 cm³/mol. The first kappa shape index (κ1) is 14.2. The number of hydrogen-bond acceptors (Lipinski definition) is 3. The van der Waals surface area contributed by atoms with Gasteiger partial charge in [-0.3, -0.25) is 4.79 Å². The molecule has 2 N–H and O–H groups in total. The maximum absolute atomic E-state index is 12.1. The zero-order valence-corrected chi connectivity index (χ0v) is 11.7. The Labute approximate surface area is 108 Å². The molecule has 3 nitrogen and oxygen atoms in total. The van der Waals surface area contributed by atoms with Gasteiger partial charge in [0.1, 0.15) is 0 Å². The summed E-state index contributed by atoms with van der Waals surface area (Å²) in [6.07, 6.45) is 1.73. The molecule has 1 amide bonds. The quantitative estimate of drug-likeness (QED) is 0.845. The van der Waals surface area contributed by atoms with Crippen LogP contribution in [0.5, 0.6) is 0 Å². The minimum absolute atomic E-state index is 0.0363. The number of rotatable bonds is 6. The molecule has 2 unspecified atom stereocenters. The van der Waals surface area contributed by atoms with Crippen molar-refractivity contribution < 1.29 is 4.79 Å². The standard InChI is InChI=1S/C13H22N2OS/c1-4-11(9-14)13(16)15(3)10(2)8-12-6-5-7-17-12/h5-7,10-11H,4,8-9,14H2,1-3H3. The molecule has 1 heterocycles. The lowest BCUT2D eigenvalue weighted by Crippen LogP contribution is -2.42. The third-order valence-electron chi connectivity index (χ3n) is 3.21. The van der Waals surface area contributed by atoms with Crippen molar-refractivity contribution in [3.8, 4) is 0 Å². The molecule has 0 bridgehead atoms. The highest BCUT2D eigenvalue weighted by molar-refractivity contribution is 7.09. The minimum Gasteiger partial charge on any atom is -0.342 e. The van der Waals surface area contributed by atoms with E-state index in [0.717, 1.165) is 12.8 Å². The molecule has 2 atom stereocenters. The van der Waals surface area contributed by atoms with E-state index in [0.29, 0.717) is 6.54 Å². The lowest BCUT2D eigenvalue weighted by molar-refractivity contribution is -0.135. The first-order valence-electron chi connectivity index (χ1n) is 6.09. The lowest BCUT2D eigenvalue weighted by Gasteiger charge is -2.28. The highest BCUT2D eigenvalue weighted by Gasteiger charge is 2.22. The van der Waals surface area contributed by atoms with E-state index in [9.17, 15) is 4.79 Å². The van der Waals surface area contributed by atoms with Crippen molar-refractivity contribution >= 4 is 17.2 Å².